The van der Waals surface area contributed by atoms with Crippen LogP contribution >= 0.6 is 0 Å². The van der Waals surface area contributed by atoms with E-state index in [0.29, 0.717) is 13.1 Å². The van der Waals surface area contributed by atoms with E-state index < -0.39 is 30.4 Å². The molecule has 0 unspecified atom stereocenters. The number of hydrogen-bond donors (Lipinski definition) is 1. The normalized spacial score (nSPS) is 14.9. The molecule has 0 aromatic heterocycles. The monoisotopic (exact) mass is 465 g/mol. The van der Waals surface area contributed by atoms with Gasteiger partial charge in [-0.25, -0.2) is 9.59 Å². The van der Waals surface area contributed by atoms with Gasteiger partial charge in [-0.15, -0.1) is 0 Å². The summed E-state index contributed by atoms with van der Waals surface area (Å²) in [6.45, 7) is 2.66. The predicted octanol–water partition coefficient (Wildman–Crippen LogP) is 1.50. The minimum absolute atomic E-state index is 0.0421. The fourth-order valence-corrected chi connectivity index (χ4v) is 4.04. The van der Waals surface area contributed by atoms with Gasteiger partial charge in [0.05, 0.1) is 23.4 Å². The number of ether oxygens (including phenoxy) is 2. The van der Waals surface area contributed by atoms with E-state index in [9.17, 15) is 24.0 Å². The molecule has 1 heterocycles. The molecule has 1 aliphatic heterocycles. The van der Waals surface area contributed by atoms with Gasteiger partial charge in [-0.2, -0.15) is 0 Å². The van der Waals surface area contributed by atoms with Gasteiger partial charge in [0.2, 0.25) is 0 Å². The molecule has 1 saturated heterocycles. The van der Waals surface area contributed by atoms with Crippen LogP contribution in [-0.4, -0.2) is 78.7 Å². The summed E-state index contributed by atoms with van der Waals surface area (Å²) in [6, 6.07) is 9.09. The lowest BCUT2D eigenvalue weighted by atomic mass is 9.82. The van der Waals surface area contributed by atoms with E-state index in [1.807, 2.05) is 0 Å². The standard InChI is InChI=1S/C24H23N3O7/c1-2-33-24(32)27-11-9-26(10-12-27)18(28)13-34-23(31)17-8-7-16-19(20(17)25)22(30)15-6-4-3-5-14(15)21(16)29/h3-8H,2,9-13,25H2,1H3. The molecule has 0 radical (unpaired) electrons. The first-order chi connectivity index (χ1) is 16.3. The number of piperazine rings is 1. The van der Waals surface area contributed by atoms with E-state index >= 15 is 0 Å². The molecular formula is C24H23N3O7. The number of nitrogen functional groups attached to an aromatic ring is 1. The highest BCUT2D eigenvalue weighted by molar-refractivity contribution is 6.30. The fourth-order valence-electron chi connectivity index (χ4n) is 4.04. The number of esters is 1. The number of rotatable bonds is 4. The Labute approximate surface area is 195 Å². The zero-order valence-electron chi connectivity index (χ0n) is 18.5. The van der Waals surface area contributed by atoms with Crippen LogP contribution in [0.3, 0.4) is 0 Å². The molecule has 0 saturated carbocycles. The SMILES string of the molecule is CCOC(=O)N1CCN(C(=O)COC(=O)c2ccc3c(c2N)C(=O)c2ccccc2C3=O)CC1. The molecule has 0 bridgehead atoms. The Hall–Kier alpha value is -4.21. The molecule has 10 heteroatoms. The number of ketones is 2. The van der Waals surface area contributed by atoms with E-state index in [1.165, 1.54) is 28.0 Å². The number of nitrogens with zero attached hydrogens (tertiary/aromatic N) is 2. The molecule has 0 atom stereocenters. The summed E-state index contributed by atoms with van der Waals surface area (Å²) in [4.78, 5) is 65.6. The van der Waals surface area contributed by atoms with Crippen molar-refractivity contribution in [1.29, 1.82) is 0 Å². The van der Waals surface area contributed by atoms with Crippen LogP contribution in [0.1, 0.15) is 49.1 Å². The second kappa shape index (κ2) is 9.34. The van der Waals surface area contributed by atoms with Gasteiger partial charge in [0, 0.05) is 42.9 Å². The van der Waals surface area contributed by atoms with Crippen LogP contribution < -0.4 is 5.73 Å². The number of carbonyl (C=O) groups excluding carboxylic acids is 5. The van der Waals surface area contributed by atoms with Crippen molar-refractivity contribution in [3.05, 3.63) is 64.2 Å². The number of hydrogen-bond acceptors (Lipinski definition) is 8. The van der Waals surface area contributed by atoms with Crippen LogP contribution in [0, 0.1) is 0 Å². The number of nitrogens with two attached hydrogens (primary N) is 1. The Morgan fingerprint density at radius 2 is 1.47 bits per heavy atom. The second-order valence-electron chi connectivity index (χ2n) is 7.80. The zero-order chi connectivity index (χ0) is 24.4. The Bertz CT molecular complexity index is 1200. The Morgan fingerprint density at radius 3 is 2.12 bits per heavy atom. The Kier molecular flexibility index (Phi) is 6.31. The number of carbonyl (C=O) groups is 5. The predicted molar refractivity (Wildman–Crippen MR) is 120 cm³/mol. The first kappa shape index (κ1) is 23.0. The molecule has 1 fully saturated rings. The van der Waals surface area contributed by atoms with Crippen molar-refractivity contribution in [3.8, 4) is 0 Å². The molecule has 2 amide bonds. The van der Waals surface area contributed by atoms with Crippen molar-refractivity contribution in [3.63, 3.8) is 0 Å². The van der Waals surface area contributed by atoms with Crippen molar-refractivity contribution in [2.45, 2.75) is 6.92 Å². The van der Waals surface area contributed by atoms with Gasteiger partial charge in [0.25, 0.3) is 5.91 Å². The summed E-state index contributed by atoms with van der Waals surface area (Å²) in [5.41, 5.74) is 6.43. The summed E-state index contributed by atoms with van der Waals surface area (Å²) in [5.74, 6) is -2.10. The van der Waals surface area contributed by atoms with Gasteiger partial charge in [-0.3, -0.25) is 14.4 Å². The van der Waals surface area contributed by atoms with Crippen molar-refractivity contribution in [2.24, 2.45) is 0 Å². The molecule has 10 nitrogen and oxygen atoms in total. The molecule has 0 spiro atoms. The highest BCUT2D eigenvalue weighted by Gasteiger charge is 2.33. The maximum atomic E-state index is 13.0. The van der Waals surface area contributed by atoms with Crippen LogP contribution in [0.4, 0.5) is 10.5 Å². The van der Waals surface area contributed by atoms with Crippen LogP contribution in [0.5, 0.6) is 0 Å². The van der Waals surface area contributed by atoms with Crippen LogP contribution in [0.25, 0.3) is 0 Å². The number of amides is 2. The molecular weight excluding hydrogens is 442 g/mol. The lowest BCUT2D eigenvalue weighted by Gasteiger charge is -2.33. The first-order valence-corrected chi connectivity index (χ1v) is 10.8. The fraction of sp³-hybridized carbons (Fsp3) is 0.292. The average Bonchev–Trinajstić information content (AvgIpc) is 2.85. The third-order valence-corrected chi connectivity index (χ3v) is 5.84. The first-order valence-electron chi connectivity index (χ1n) is 10.8. The van der Waals surface area contributed by atoms with Gasteiger partial charge >= 0.3 is 12.1 Å². The summed E-state index contributed by atoms with van der Waals surface area (Å²) in [7, 11) is 0. The third-order valence-electron chi connectivity index (χ3n) is 5.84. The Balaban J connectivity index is 1.42. The van der Waals surface area contributed by atoms with Gasteiger partial charge in [0.15, 0.2) is 18.2 Å². The van der Waals surface area contributed by atoms with E-state index in [1.54, 1.807) is 25.1 Å². The topological polar surface area (TPSA) is 136 Å². The lowest BCUT2D eigenvalue weighted by Crippen LogP contribution is -2.51. The highest BCUT2D eigenvalue weighted by Crippen LogP contribution is 2.32. The summed E-state index contributed by atoms with van der Waals surface area (Å²) in [5, 5.41) is 0. The molecule has 176 valence electrons. The molecule has 34 heavy (non-hydrogen) atoms. The lowest BCUT2D eigenvalue weighted by molar-refractivity contribution is -0.136. The maximum absolute atomic E-state index is 13.0. The molecule has 2 aromatic carbocycles. The van der Waals surface area contributed by atoms with Gasteiger partial charge < -0.3 is 25.0 Å². The van der Waals surface area contributed by atoms with Gasteiger partial charge in [-0.05, 0) is 19.1 Å². The van der Waals surface area contributed by atoms with Crippen molar-refractivity contribution in [1.82, 2.24) is 9.80 Å². The number of anilines is 1. The molecule has 2 aromatic rings. The van der Waals surface area contributed by atoms with E-state index in [4.69, 9.17) is 15.2 Å². The molecule has 1 aliphatic carbocycles. The average molecular weight is 465 g/mol. The largest absolute Gasteiger partial charge is 0.452 e. The number of benzene rings is 2. The summed E-state index contributed by atoms with van der Waals surface area (Å²) < 4.78 is 10.1. The second-order valence-corrected chi connectivity index (χ2v) is 7.80. The zero-order valence-corrected chi connectivity index (χ0v) is 18.5. The minimum atomic E-state index is -0.877. The third kappa shape index (κ3) is 4.09. The molecule has 4 rings (SSSR count). The molecule has 2 aliphatic rings. The molecule has 2 N–H and O–H groups in total. The van der Waals surface area contributed by atoms with Gasteiger partial charge in [-0.1, -0.05) is 24.3 Å². The maximum Gasteiger partial charge on any atom is 0.409 e. The van der Waals surface area contributed by atoms with Crippen molar-refractivity contribution in [2.75, 3.05) is 45.1 Å². The van der Waals surface area contributed by atoms with Crippen LogP contribution in [-0.2, 0) is 14.3 Å². The van der Waals surface area contributed by atoms with Crippen LogP contribution in [0.2, 0.25) is 0 Å². The van der Waals surface area contributed by atoms with Gasteiger partial charge in [0.1, 0.15) is 0 Å². The quantitative estimate of drug-likeness (QED) is 0.452. The van der Waals surface area contributed by atoms with Crippen molar-refractivity contribution < 1.29 is 33.4 Å². The van der Waals surface area contributed by atoms with E-state index in [2.05, 4.69) is 0 Å². The van der Waals surface area contributed by atoms with Crippen LogP contribution in [0.15, 0.2) is 36.4 Å². The minimum Gasteiger partial charge on any atom is -0.452 e. The Morgan fingerprint density at radius 1 is 0.853 bits per heavy atom. The highest BCUT2D eigenvalue weighted by atomic mass is 16.6. The summed E-state index contributed by atoms with van der Waals surface area (Å²) >= 11 is 0. The van der Waals surface area contributed by atoms with E-state index in [-0.39, 0.29) is 59.0 Å². The van der Waals surface area contributed by atoms with E-state index in [0.717, 1.165) is 0 Å². The number of fused-ring (bicyclic) bond motifs is 2. The smallest absolute Gasteiger partial charge is 0.409 e. The van der Waals surface area contributed by atoms with Crippen molar-refractivity contribution >= 4 is 35.2 Å². The summed E-state index contributed by atoms with van der Waals surface area (Å²) in [6.07, 6.45) is -0.431.